The van der Waals surface area contributed by atoms with Crippen molar-refractivity contribution in [1.82, 2.24) is 0 Å². The van der Waals surface area contributed by atoms with Gasteiger partial charge in [-0.3, -0.25) is 0 Å². The van der Waals surface area contributed by atoms with Gasteiger partial charge in [0.15, 0.2) is 0 Å². The number of azide groups is 2. The van der Waals surface area contributed by atoms with Gasteiger partial charge in [0.1, 0.15) is 0 Å². The zero-order valence-electron chi connectivity index (χ0n) is 7.26. The minimum Gasteiger partial charge on any atom is -0.146 e. The lowest BCUT2D eigenvalue weighted by atomic mass is 11.0. The molecule has 0 bridgehead atoms. The number of hydrogen-bond acceptors (Lipinski definition) is 2. The highest BCUT2D eigenvalue weighted by Gasteiger charge is 1.92. The van der Waals surface area contributed by atoms with E-state index in [4.69, 9.17) is 22.1 Å². The summed E-state index contributed by atoms with van der Waals surface area (Å²) in [6.45, 7) is 0. The Morgan fingerprint density at radius 2 is 0.812 bits per heavy atom. The monoisotopic (exact) mass is 220 g/mol. The van der Waals surface area contributed by atoms with E-state index in [0.717, 1.165) is 0 Å². The molecule has 0 aliphatic heterocycles. The van der Waals surface area contributed by atoms with E-state index in [1.807, 2.05) is 0 Å². The molecular weight excluding hydrogens is 220 g/mol. The third-order valence-electron chi connectivity index (χ3n) is 0.766. The molecule has 0 heterocycles. The molecule has 0 aromatic rings. The van der Waals surface area contributed by atoms with Crippen LogP contribution in [0.1, 0.15) is 0 Å². The largest absolute Gasteiger partial charge is 0.212 e. The zero-order chi connectivity index (χ0) is 12.2. The first-order chi connectivity index (χ1) is 7.78. The van der Waals surface area contributed by atoms with E-state index in [0.29, 0.717) is 0 Å². The van der Waals surface area contributed by atoms with Gasteiger partial charge in [0.05, 0.1) is 0 Å². The third kappa shape index (κ3) is 5.27. The van der Waals surface area contributed by atoms with E-state index in [9.17, 15) is 0 Å². The van der Waals surface area contributed by atoms with E-state index >= 15 is 0 Å². The molecule has 0 aromatic carbocycles. The highest BCUT2D eigenvalue weighted by molar-refractivity contribution is 5.85. The van der Waals surface area contributed by atoms with Gasteiger partial charge in [-0.05, 0) is 42.6 Å². The molecule has 16 heavy (non-hydrogen) atoms. The average molecular weight is 220 g/mol. The molecule has 14 heteroatoms. The highest BCUT2D eigenvalue weighted by atomic mass is 15.4. The molecule has 0 fully saturated rings. The maximum atomic E-state index is 8.02. The van der Waals surface area contributed by atoms with Gasteiger partial charge in [0, 0.05) is 19.6 Å². The first-order valence-corrected chi connectivity index (χ1v) is 3.14. The standard InChI is InChI=1S/C2N14/c3-13-9-1(10-14-4)7-8-2(11-15-5)12-16-6. The van der Waals surface area contributed by atoms with E-state index in [1.54, 1.807) is 0 Å². The van der Waals surface area contributed by atoms with Gasteiger partial charge in [0.25, 0.3) is 0 Å². The van der Waals surface area contributed by atoms with Crippen LogP contribution in [0.5, 0.6) is 0 Å². The van der Waals surface area contributed by atoms with Gasteiger partial charge in [-0.25, -0.2) is 0 Å². The third-order valence-corrected chi connectivity index (χ3v) is 0.766. The molecular formula is C2N14. The second-order valence-electron chi connectivity index (χ2n) is 1.56. The molecule has 0 N–H and O–H groups in total. The summed E-state index contributed by atoms with van der Waals surface area (Å²) in [5.41, 5.74) is 32.1. The van der Waals surface area contributed by atoms with Crippen molar-refractivity contribution in [2.45, 2.75) is 0 Å². The number of guanidine groups is 2. The Morgan fingerprint density at radius 1 is 0.562 bits per heavy atom. The van der Waals surface area contributed by atoms with Gasteiger partial charge in [-0.2, -0.15) is 0 Å². The Bertz CT molecular complexity index is 405. The lowest BCUT2D eigenvalue weighted by molar-refractivity contribution is 1.16. The molecule has 0 radical (unpaired) electrons. The Kier molecular flexibility index (Phi) is 6.44. The topological polar surface area (TPSA) is 220 Å². The Hall–Kier alpha value is -3.42. The minimum absolute atomic E-state index is 0.677. The number of rotatable bonds is 1. The average Bonchev–Trinajstić information content (AvgIpc) is 2.27. The van der Waals surface area contributed by atoms with Crippen molar-refractivity contribution in [3.05, 3.63) is 41.8 Å². The fourth-order valence-corrected chi connectivity index (χ4v) is 0.369. The maximum absolute atomic E-state index is 8.02. The minimum atomic E-state index is -0.677. The van der Waals surface area contributed by atoms with Gasteiger partial charge in [0.2, 0.25) is 11.9 Å². The van der Waals surface area contributed by atoms with Gasteiger partial charge in [-0.1, -0.05) is 0 Å². The van der Waals surface area contributed by atoms with Crippen molar-refractivity contribution in [3.63, 3.8) is 0 Å². The van der Waals surface area contributed by atoms with Crippen molar-refractivity contribution in [2.24, 2.45) is 30.7 Å². The molecule has 0 saturated carbocycles. The molecule has 0 unspecified atom stereocenters. The van der Waals surface area contributed by atoms with Crippen molar-refractivity contribution < 1.29 is 0 Å². The molecule has 0 aliphatic rings. The Morgan fingerprint density at radius 3 is 1.00 bits per heavy atom. The van der Waals surface area contributed by atoms with E-state index in [2.05, 4.69) is 50.3 Å². The molecule has 0 saturated heterocycles. The Labute approximate surface area is 85.4 Å². The second kappa shape index (κ2) is 8.19. The van der Waals surface area contributed by atoms with Gasteiger partial charge >= 0.3 is 0 Å². The summed E-state index contributed by atoms with van der Waals surface area (Å²) in [7, 11) is 0. The molecule has 78 valence electrons. The first kappa shape index (κ1) is 12.6. The van der Waals surface area contributed by atoms with Crippen LogP contribution in [-0.2, 0) is 0 Å². The van der Waals surface area contributed by atoms with Crippen molar-refractivity contribution in [1.29, 1.82) is 0 Å². The summed E-state index contributed by atoms with van der Waals surface area (Å²) < 4.78 is 0. The maximum Gasteiger partial charge on any atom is 0.212 e. The van der Waals surface area contributed by atoms with Crippen molar-refractivity contribution >= 4 is 11.9 Å². The predicted octanol–water partition coefficient (Wildman–Crippen LogP) is 2.85. The first-order valence-electron chi connectivity index (χ1n) is 3.14. The van der Waals surface area contributed by atoms with Crippen LogP contribution >= 0.6 is 0 Å². The van der Waals surface area contributed by atoms with Crippen LogP contribution in [0, 0.1) is 0 Å². The van der Waals surface area contributed by atoms with Crippen molar-refractivity contribution in [2.75, 3.05) is 0 Å². The normalized spacial score (nSPS) is 6.75. The summed E-state index contributed by atoms with van der Waals surface area (Å²) in [6.07, 6.45) is 0. The van der Waals surface area contributed by atoms with Crippen LogP contribution in [-0.4, -0.2) is 11.9 Å². The molecule has 0 aromatic heterocycles. The van der Waals surface area contributed by atoms with E-state index < -0.39 is 11.9 Å². The quantitative estimate of drug-likeness (QED) is 0.155. The van der Waals surface area contributed by atoms with Crippen molar-refractivity contribution in [3.8, 4) is 0 Å². The summed E-state index contributed by atoms with van der Waals surface area (Å²) in [5, 5.41) is 17.5. The van der Waals surface area contributed by atoms with Gasteiger partial charge < -0.3 is 0 Å². The molecule has 0 spiro atoms. The second-order valence-corrected chi connectivity index (χ2v) is 1.56. The molecule has 0 rings (SSSR count). The van der Waals surface area contributed by atoms with Crippen LogP contribution in [0.25, 0.3) is 41.8 Å². The Balaban J connectivity index is 5.30. The highest BCUT2D eigenvalue weighted by Crippen LogP contribution is 1.92. The zero-order valence-corrected chi connectivity index (χ0v) is 7.26. The van der Waals surface area contributed by atoms with Crippen LogP contribution in [0.2, 0.25) is 0 Å². The molecule has 0 amide bonds. The summed E-state index contributed by atoms with van der Waals surface area (Å²) in [6, 6.07) is 0. The lowest BCUT2D eigenvalue weighted by Crippen LogP contribution is -1.87. The van der Waals surface area contributed by atoms with Crippen LogP contribution in [0.15, 0.2) is 30.7 Å². The predicted molar refractivity (Wildman–Crippen MR) is 51.5 cm³/mol. The molecule has 0 atom stereocenters. The van der Waals surface area contributed by atoms with E-state index in [-0.39, 0.29) is 0 Å². The fourth-order valence-electron chi connectivity index (χ4n) is 0.369. The number of nitrogens with zero attached hydrogens (tertiary/aromatic N) is 14. The molecule has 0 aliphatic carbocycles. The summed E-state index contributed by atoms with van der Waals surface area (Å²) in [5.74, 6) is -1.35. The van der Waals surface area contributed by atoms with Crippen LogP contribution in [0.4, 0.5) is 0 Å². The SMILES string of the molecule is [N-]=[N+]=NC(N=[N+]=[N-])=NN=C(N=[N+]=[N-])N=[N+]=[N-]. The smallest absolute Gasteiger partial charge is 0.146 e. The number of hydrogen-bond donors (Lipinski definition) is 0. The van der Waals surface area contributed by atoms with Crippen LogP contribution < -0.4 is 0 Å². The van der Waals surface area contributed by atoms with Gasteiger partial charge in [-0.15, -0.1) is 10.2 Å². The fraction of sp³-hybridized carbons (Fsp3) is 0. The molecule has 14 nitrogen and oxygen atoms in total. The lowest BCUT2D eigenvalue weighted by Gasteiger charge is -1.84. The van der Waals surface area contributed by atoms with Crippen LogP contribution in [0.3, 0.4) is 0 Å². The summed E-state index contributed by atoms with van der Waals surface area (Å²) in [4.78, 5) is 9.11. The van der Waals surface area contributed by atoms with E-state index in [1.165, 1.54) is 0 Å². The summed E-state index contributed by atoms with van der Waals surface area (Å²) >= 11 is 0.